The molecule has 4 heteroatoms. The summed E-state index contributed by atoms with van der Waals surface area (Å²) >= 11 is 1.34. The number of hydrogen-bond donors (Lipinski definition) is 0. The van der Waals surface area contributed by atoms with Gasteiger partial charge >= 0.3 is 0 Å². The van der Waals surface area contributed by atoms with E-state index in [0.29, 0.717) is 16.2 Å². The Bertz CT molecular complexity index is 623. The predicted molar refractivity (Wildman–Crippen MR) is 77.0 cm³/mol. The summed E-state index contributed by atoms with van der Waals surface area (Å²) in [6, 6.07) is 5.30. The first-order valence-corrected chi connectivity index (χ1v) is 6.90. The molecule has 0 saturated carbocycles. The van der Waals surface area contributed by atoms with E-state index in [1.165, 1.54) is 11.3 Å². The Hall–Kier alpha value is -1.42. The molecule has 0 saturated heterocycles. The Morgan fingerprint density at radius 1 is 1.37 bits per heavy atom. The van der Waals surface area contributed by atoms with Gasteiger partial charge in [0.05, 0.1) is 11.8 Å². The van der Waals surface area contributed by atoms with Crippen molar-refractivity contribution in [2.24, 2.45) is 5.41 Å². The molecule has 0 spiro atoms. The summed E-state index contributed by atoms with van der Waals surface area (Å²) in [4.78, 5) is 13.1. The Balaban J connectivity index is 2.70. The average molecular weight is 280 g/mol. The minimum atomic E-state index is -0.522. The lowest BCUT2D eigenvalue weighted by atomic mass is 9.85. The fourth-order valence-corrected chi connectivity index (χ4v) is 3.00. The van der Waals surface area contributed by atoms with Crippen LogP contribution in [-0.2, 0) is 6.67 Å². The zero-order chi connectivity index (χ0) is 14.2. The maximum absolute atomic E-state index is 12.9. The number of ketones is 1. The van der Waals surface area contributed by atoms with E-state index in [-0.39, 0.29) is 5.78 Å². The highest BCUT2D eigenvalue weighted by Crippen LogP contribution is 2.38. The summed E-state index contributed by atoms with van der Waals surface area (Å²) in [7, 11) is 1.58. The Morgan fingerprint density at radius 2 is 2.05 bits per heavy atom. The van der Waals surface area contributed by atoms with Gasteiger partial charge in [-0.25, -0.2) is 4.39 Å². The zero-order valence-corrected chi connectivity index (χ0v) is 12.4. The minimum absolute atomic E-state index is 0.0587. The summed E-state index contributed by atoms with van der Waals surface area (Å²) in [6.07, 6.45) is 0. The number of rotatable bonds is 3. The first-order chi connectivity index (χ1) is 8.88. The molecule has 0 aliphatic heterocycles. The highest BCUT2D eigenvalue weighted by Gasteiger charge is 2.25. The Kier molecular flexibility index (Phi) is 3.63. The topological polar surface area (TPSA) is 26.3 Å². The first-order valence-electron chi connectivity index (χ1n) is 6.08. The molecule has 0 fully saturated rings. The Labute approximate surface area is 116 Å². The standard InChI is InChI=1S/C15H17FO2S/c1-15(2,3)14(17)10-5-6-12(18-4)13-11(10)7-9(8-16)19-13/h5-7H,8H2,1-4H3. The molecule has 19 heavy (non-hydrogen) atoms. The smallest absolute Gasteiger partial charge is 0.168 e. The molecule has 2 aromatic rings. The van der Waals surface area contributed by atoms with Gasteiger partial charge in [0.25, 0.3) is 0 Å². The molecule has 0 aliphatic rings. The number of alkyl halides is 1. The summed E-state index contributed by atoms with van der Waals surface area (Å²) in [5, 5.41) is 0.789. The van der Waals surface area contributed by atoms with Crippen molar-refractivity contribution < 1.29 is 13.9 Å². The van der Waals surface area contributed by atoms with Crippen LogP contribution in [0.15, 0.2) is 18.2 Å². The molecule has 2 rings (SSSR count). The number of fused-ring (bicyclic) bond motifs is 1. The van der Waals surface area contributed by atoms with Crippen LogP contribution in [0.1, 0.15) is 36.0 Å². The van der Waals surface area contributed by atoms with Crippen LogP contribution in [0.4, 0.5) is 4.39 Å². The third kappa shape index (κ3) is 2.50. The highest BCUT2D eigenvalue weighted by atomic mass is 32.1. The molecule has 102 valence electrons. The molecule has 1 aromatic carbocycles. The van der Waals surface area contributed by atoms with E-state index < -0.39 is 12.1 Å². The SMILES string of the molecule is COc1ccc(C(=O)C(C)(C)C)c2cc(CF)sc12. The quantitative estimate of drug-likeness (QED) is 0.767. The largest absolute Gasteiger partial charge is 0.495 e. The maximum Gasteiger partial charge on any atom is 0.168 e. The van der Waals surface area contributed by atoms with E-state index in [1.54, 1.807) is 25.3 Å². The number of carbonyl (C=O) groups excluding carboxylic acids is 1. The zero-order valence-electron chi connectivity index (χ0n) is 11.5. The van der Waals surface area contributed by atoms with E-state index in [1.807, 2.05) is 20.8 Å². The highest BCUT2D eigenvalue weighted by molar-refractivity contribution is 7.19. The van der Waals surface area contributed by atoms with Gasteiger partial charge in [0.1, 0.15) is 12.4 Å². The molecular formula is C15H17FO2S. The van der Waals surface area contributed by atoms with Gasteiger partial charge in [-0.2, -0.15) is 0 Å². The van der Waals surface area contributed by atoms with Crippen LogP contribution < -0.4 is 4.74 Å². The number of hydrogen-bond acceptors (Lipinski definition) is 3. The number of methoxy groups -OCH3 is 1. The number of carbonyl (C=O) groups is 1. The molecule has 0 amide bonds. The number of benzene rings is 1. The fraction of sp³-hybridized carbons (Fsp3) is 0.400. The minimum Gasteiger partial charge on any atom is -0.495 e. The summed E-state index contributed by atoms with van der Waals surface area (Å²) in [6.45, 7) is 5.13. The van der Waals surface area contributed by atoms with Gasteiger partial charge in [0.2, 0.25) is 0 Å². The monoisotopic (exact) mass is 280 g/mol. The molecule has 2 nitrogen and oxygen atoms in total. The molecule has 0 radical (unpaired) electrons. The van der Waals surface area contributed by atoms with Crippen LogP contribution in [0.2, 0.25) is 0 Å². The number of Topliss-reactive ketones (excluding diaryl/α,β-unsaturated/α-hetero) is 1. The van der Waals surface area contributed by atoms with Crippen molar-refractivity contribution >= 4 is 27.2 Å². The average Bonchev–Trinajstić information content (AvgIpc) is 2.79. The lowest BCUT2D eigenvalue weighted by Gasteiger charge is -2.17. The second-order valence-electron chi connectivity index (χ2n) is 5.48. The third-order valence-electron chi connectivity index (χ3n) is 2.98. The summed E-state index contributed by atoms with van der Waals surface area (Å²) in [5.41, 5.74) is 0.179. The van der Waals surface area contributed by atoms with E-state index >= 15 is 0 Å². The van der Waals surface area contributed by atoms with Gasteiger partial charge < -0.3 is 4.74 Å². The van der Waals surface area contributed by atoms with Crippen molar-refractivity contribution in [2.45, 2.75) is 27.4 Å². The van der Waals surface area contributed by atoms with Crippen LogP contribution >= 0.6 is 11.3 Å². The van der Waals surface area contributed by atoms with Crippen LogP contribution in [0.25, 0.3) is 10.1 Å². The molecule has 0 N–H and O–H groups in total. The Morgan fingerprint density at radius 3 is 2.58 bits per heavy atom. The van der Waals surface area contributed by atoms with Crippen molar-refractivity contribution in [3.63, 3.8) is 0 Å². The molecule has 0 aliphatic carbocycles. The molecule has 1 heterocycles. The van der Waals surface area contributed by atoms with Gasteiger partial charge in [0, 0.05) is 21.2 Å². The number of ether oxygens (including phenoxy) is 1. The number of thiophene rings is 1. The lowest BCUT2D eigenvalue weighted by Crippen LogP contribution is -2.20. The van der Waals surface area contributed by atoms with Crippen LogP contribution in [0.5, 0.6) is 5.75 Å². The number of halogens is 1. The first kappa shape index (κ1) is 14.0. The van der Waals surface area contributed by atoms with Crippen molar-refractivity contribution in [3.05, 3.63) is 28.6 Å². The molecule has 0 atom stereocenters. The van der Waals surface area contributed by atoms with Crippen molar-refractivity contribution in [1.29, 1.82) is 0 Å². The third-order valence-corrected chi connectivity index (χ3v) is 4.09. The van der Waals surface area contributed by atoms with Gasteiger partial charge in [0.15, 0.2) is 5.78 Å². The maximum atomic E-state index is 12.9. The van der Waals surface area contributed by atoms with Crippen molar-refractivity contribution in [1.82, 2.24) is 0 Å². The van der Waals surface area contributed by atoms with Crippen molar-refractivity contribution in [3.8, 4) is 5.75 Å². The van der Waals surface area contributed by atoms with Crippen LogP contribution in [0.3, 0.4) is 0 Å². The van der Waals surface area contributed by atoms with Crippen LogP contribution in [0, 0.1) is 5.41 Å². The van der Waals surface area contributed by atoms with Gasteiger partial charge in [-0.15, -0.1) is 11.3 Å². The van der Waals surface area contributed by atoms with Crippen LogP contribution in [-0.4, -0.2) is 12.9 Å². The summed E-state index contributed by atoms with van der Waals surface area (Å²) < 4.78 is 19.0. The van der Waals surface area contributed by atoms with E-state index in [0.717, 1.165) is 10.1 Å². The second kappa shape index (κ2) is 4.93. The molecule has 0 unspecified atom stereocenters. The summed E-state index contributed by atoms with van der Waals surface area (Å²) in [5.74, 6) is 0.744. The second-order valence-corrected chi connectivity index (χ2v) is 6.62. The van der Waals surface area contributed by atoms with Crippen molar-refractivity contribution in [2.75, 3.05) is 7.11 Å². The predicted octanol–water partition coefficient (Wildman–Crippen LogP) is 4.61. The van der Waals surface area contributed by atoms with E-state index in [9.17, 15) is 9.18 Å². The fourth-order valence-electron chi connectivity index (χ4n) is 1.98. The van der Waals surface area contributed by atoms with Gasteiger partial charge in [-0.05, 0) is 18.2 Å². The molecule has 1 aromatic heterocycles. The molecule has 0 bridgehead atoms. The lowest BCUT2D eigenvalue weighted by molar-refractivity contribution is 0.0860. The van der Waals surface area contributed by atoms with Gasteiger partial charge in [-0.1, -0.05) is 20.8 Å². The normalized spacial score (nSPS) is 11.8. The van der Waals surface area contributed by atoms with Gasteiger partial charge in [-0.3, -0.25) is 4.79 Å². The molecular weight excluding hydrogens is 263 g/mol. The van der Waals surface area contributed by atoms with E-state index in [4.69, 9.17) is 4.74 Å². The van der Waals surface area contributed by atoms with E-state index in [2.05, 4.69) is 0 Å².